The number of furan rings is 1. The fraction of sp³-hybridized carbons (Fsp3) is 0.385. The summed E-state index contributed by atoms with van der Waals surface area (Å²) in [6.45, 7) is 2.13. The molecule has 1 saturated heterocycles. The molecule has 184 valence electrons. The molecule has 0 spiro atoms. The van der Waals surface area contributed by atoms with Crippen LogP contribution in [0.1, 0.15) is 47.9 Å². The maximum Gasteiger partial charge on any atom is 0.296 e. The number of Topliss-reactive ketones (excluding diaryl/α,β-unsaturated/α-hetero) is 1. The molecule has 1 aromatic heterocycles. The van der Waals surface area contributed by atoms with Gasteiger partial charge in [0.25, 0.3) is 11.7 Å². The number of nitrogens with zero attached hydrogens (tertiary/aromatic N) is 1. The molecular formula is C26H26Cl2N2O5. The highest BCUT2D eigenvalue weighted by molar-refractivity contribution is 6.42. The van der Waals surface area contributed by atoms with Crippen molar-refractivity contribution in [2.24, 2.45) is 0 Å². The number of likely N-dealkylation sites (tertiary alicyclic amines) is 1. The number of carbonyl (C=O) groups is 2. The number of rotatable bonds is 9. The minimum absolute atomic E-state index is 0.0844. The molecule has 5 rings (SSSR count). The summed E-state index contributed by atoms with van der Waals surface area (Å²) in [5.74, 6) is -1.18. The molecule has 9 heteroatoms. The van der Waals surface area contributed by atoms with Crippen LogP contribution in [-0.2, 0) is 4.79 Å². The first-order valence-electron chi connectivity index (χ1n) is 11.8. The number of amides is 1. The van der Waals surface area contributed by atoms with Crippen LogP contribution in [0.4, 0.5) is 0 Å². The Morgan fingerprint density at radius 3 is 2.60 bits per heavy atom. The van der Waals surface area contributed by atoms with Crippen molar-refractivity contribution < 1.29 is 23.8 Å². The van der Waals surface area contributed by atoms with E-state index >= 15 is 0 Å². The van der Waals surface area contributed by atoms with Gasteiger partial charge < -0.3 is 24.5 Å². The van der Waals surface area contributed by atoms with E-state index in [1.807, 2.05) is 0 Å². The van der Waals surface area contributed by atoms with Gasteiger partial charge >= 0.3 is 0 Å². The van der Waals surface area contributed by atoms with Gasteiger partial charge in [0.2, 0.25) is 0 Å². The molecule has 1 saturated carbocycles. The van der Waals surface area contributed by atoms with Crippen molar-refractivity contribution in [3.05, 3.63) is 63.8 Å². The Kier molecular flexibility index (Phi) is 7.02. The fourth-order valence-corrected chi connectivity index (χ4v) is 4.72. The van der Waals surface area contributed by atoms with E-state index in [4.69, 9.17) is 32.4 Å². The Bertz CT molecular complexity index is 1250. The Morgan fingerprint density at radius 1 is 1.11 bits per heavy atom. The van der Waals surface area contributed by atoms with Crippen LogP contribution in [0.3, 0.4) is 0 Å². The van der Waals surface area contributed by atoms with Crippen molar-refractivity contribution in [1.29, 1.82) is 0 Å². The number of ketones is 1. The predicted molar refractivity (Wildman–Crippen MR) is 133 cm³/mol. The maximum atomic E-state index is 12.9. The summed E-state index contributed by atoms with van der Waals surface area (Å²) >= 11 is 12.4. The summed E-state index contributed by atoms with van der Waals surface area (Å²) in [6.07, 6.45) is 3.25. The summed E-state index contributed by atoms with van der Waals surface area (Å²) in [5, 5.41) is 15.5. The Hall–Kier alpha value is -2.58. The highest BCUT2D eigenvalue weighted by Gasteiger charge is 2.31. The van der Waals surface area contributed by atoms with Gasteiger partial charge in [0.15, 0.2) is 5.76 Å². The molecule has 2 heterocycles. The number of halogens is 2. The molecular weight excluding hydrogens is 491 g/mol. The molecule has 0 bridgehead atoms. The van der Waals surface area contributed by atoms with Crippen LogP contribution >= 0.6 is 23.2 Å². The SMILES string of the molecule is O=C(NC(CN1CCCC1)C(O)c1ccc(OC2CC2)c(Cl)c1)C(=O)c1cc2ccc(Cl)cc2o1. The molecule has 2 aromatic carbocycles. The minimum Gasteiger partial charge on any atom is -0.489 e. The number of hydrogen-bond acceptors (Lipinski definition) is 6. The van der Waals surface area contributed by atoms with E-state index < -0.39 is 23.8 Å². The van der Waals surface area contributed by atoms with Crippen molar-refractivity contribution >= 4 is 45.9 Å². The second kappa shape index (κ2) is 10.2. The zero-order valence-electron chi connectivity index (χ0n) is 19.0. The summed E-state index contributed by atoms with van der Waals surface area (Å²) in [6, 6.07) is 10.9. The average Bonchev–Trinajstić information content (AvgIpc) is 3.32. The van der Waals surface area contributed by atoms with Crippen molar-refractivity contribution in [2.75, 3.05) is 19.6 Å². The topological polar surface area (TPSA) is 92.0 Å². The van der Waals surface area contributed by atoms with E-state index in [2.05, 4.69) is 10.2 Å². The largest absolute Gasteiger partial charge is 0.489 e. The third-order valence-corrected chi connectivity index (χ3v) is 6.91. The van der Waals surface area contributed by atoms with E-state index in [0.29, 0.717) is 38.9 Å². The lowest BCUT2D eigenvalue weighted by Gasteiger charge is -2.28. The number of hydrogen-bond donors (Lipinski definition) is 2. The van der Waals surface area contributed by atoms with E-state index in [0.717, 1.165) is 38.8 Å². The van der Waals surface area contributed by atoms with Crippen molar-refractivity contribution in [3.8, 4) is 5.75 Å². The first-order chi connectivity index (χ1) is 16.9. The minimum atomic E-state index is -1.07. The van der Waals surface area contributed by atoms with E-state index in [1.54, 1.807) is 36.4 Å². The fourth-order valence-electron chi connectivity index (χ4n) is 4.32. The van der Waals surface area contributed by atoms with Crippen LogP contribution in [0.25, 0.3) is 11.0 Å². The smallest absolute Gasteiger partial charge is 0.296 e. The van der Waals surface area contributed by atoms with Crippen LogP contribution in [0, 0.1) is 0 Å². The highest BCUT2D eigenvalue weighted by Crippen LogP contribution is 2.34. The second-order valence-electron chi connectivity index (χ2n) is 9.16. The standard InChI is InChI=1S/C26H26Cl2N2O5/c27-17-5-3-15-12-23(35-22(15)13-17)25(32)26(33)29-20(14-30-9-1-2-10-30)24(31)16-4-8-21(19(28)11-16)34-18-6-7-18/h3-5,8,11-13,18,20,24,31H,1-2,6-7,9-10,14H2,(H,29,33). The van der Waals surface area contributed by atoms with Crippen LogP contribution in [-0.4, -0.2) is 53.5 Å². The van der Waals surface area contributed by atoms with Crippen molar-refractivity contribution in [1.82, 2.24) is 10.2 Å². The molecule has 2 atom stereocenters. The lowest BCUT2D eigenvalue weighted by molar-refractivity contribution is -0.118. The average molecular weight is 517 g/mol. The van der Waals surface area contributed by atoms with Gasteiger partial charge in [-0.2, -0.15) is 0 Å². The zero-order valence-corrected chi connectivity index (χ0v) is 20.5. The molecule has 2 fully saturated rings. The van der Waals surface area contributed by atoms with Gasteiger partial charge in [-0.1, -0.05) is 29.3 Å². The first kappa shape index (κ1) is 24.1. The van der Waals surface area contributed by atoms with Gasteiger partial charge in [0.05, 0.1) is 17.2 Å². The Labute approximate surface area is 212 Å². The summed E-state index contributed by atoms with van der Waals surface area (Å²) in [7, 11) is 0. The molecule has 2 aliphatic rings. The molecule has 3 aromatic rings. The van der Waals surface area contributed by atoms with Gasteiger partial charge in [0.1, 0.15) is 17.4 Å². The van der Waals surface area contributed by atoms with Crippen molar-refractivity contribution in [3.63, 3.8) is 0 Å². The highest BCUT2D eigenvalue weighted by atomic mass is 35.5. The molecule has 1 aliphatic heterocycles. The molecule has 1 amide bonds. The van der Waals surface area contributed by atoms with Crippen molar-refractivity contribution in [2.45, 2.75) is 43.9 Å². The summed E-state index contributed by atoms with van der Waals surface area (Å²) in [4.78, 5) is 28.0. The first-order valence-corrected chi connectivity index (χ1v) is 12.5. The normalized spacial score (nSPS) is 17.9. The third kappa shape index (κ3) is 5.64. The maximum absolute atomic E-state index is 12.9. The summed E-state index contributed by atoms with van der Waals surface area (Å²) < 4.78 is 11.3. The Balaban J connectivity index is 1.34. The molecule has 1 aliphatic carbocycles. The van der Waals surface area contributed by atoms with Crippen LogP contribution in [0.15, 0.2) is 46.9 Å². The molecule has 0 radical (unpaired) electrons. The predicted octanol–water partition coefficient (Wildman–Crippen LogP) is 4.78. The lowest BCUT2D eigenvalue weighted by atomic mass is 10.0. The summed E-state index contributed by atoms with van der Waals surface area (Å²) in [5.41, 5.74) is 0.957. The monoisotopic (exact) mass is 516 g/mol. The number of fused-ring (bicyclic) bond motifs is 1. The molecule has 7 nitrogen and oxygen atoms in total. The number of benzene rings is 2. The number of nitrogens with one attached hydrogen (secondary N) is 1. The number of carbonyl (C=O) groups excluding carboxylic acids is 2. The number of aliphatic hydroxyl groups excluding tert-OH is 1. The quantitative estimate of drug-likeness (QED) is 0.314. The number of aliphatic hydroxyl groups is 1. The van der Waals surface area contributed by atoms with Crippen LogP contribution in [0.5, 0.6) is 5.75 Å². The van der Waals surface area contributed by atoms with Gasteiger partial charge in [-0.15, -0.1) is 0 Å². The van der Waals surface area contributed by atoms with Gasteiger partial charge in [-0.05, 0) is 74.7 Å². The number of ether oxygens (including phenoxy) is 1. The Morgan fingerprint density at radius 2 is 1.89 bits per heavy atom. The van der Waals surface area contributed by atoms with Gasteiger partial charge in [-0.3, -0.25) is 9.59 Å². The van der Waals surface area contributed by atoms with Crippen LogP contribution < -0.4 is 10.1 Å². The van der Waals surface area contributed by atoms with E-state index in [9.17, 15) is 14.7 Å². The van der Waals surface area contributed by atoms with Crippen LogP contribution in [0.2, 0.25) is 10.0 Å². The zero-order chi connectivity index (χ0) is 24.5. The van der Waals surface area contributed by atoms with Gasteiger partial charge in [0, 0.05) is 23.0 Å². The lowest BCUT2D eigenvalue weighted by Crippen LogP contribution is -2.48. The van der Waals surface area contributed by atoms with E-state index in [1.165, 1.54) is 6.07 Å². The van der Waals surface area contributed by atoms with Gasteiger partial charge in [-0.25, -0.2) is 0 Å². The van der Waals surface area contributed by atoms with E-state index in [-0.39, 0.29) is 11.9 Å². The molecule has 2 N–H and O–H groups in total. The second-order valence-corrected chi connectivity index (χ2v) is 10.0. The third-order valence-electron chi connectivity index (χ3n) is 6.38. The molecule has 35 heavy (non-hydrogen) atoms. The molecule has 2 unspecified atom stereocenters.